The van der Waals surface area contributed by atoms with Crippen LogP contribution in [-0.4, -0.2) is 49.2 Å². The number of carbonyl (C=O) groups excluding carboxylic acids is 1. The van der Waals surface area contributed by atoms with Gasteiger partial charge in [-0.2, -0.15) is 0 Å². The molecular formula is C16H24N2O3. The summed E-state index contributed by atoms with van der Waals surface area (Å²) in [5.41, 5.74) is 1.82. The number of ether oxygens (including phenoxy) is 1. The van der Waals surface area contributed by atoms with Crippen molar-refractivity contribution in [1.82, 2.24) is 10.2 Å². The first-order chi connectivity index (χ1) is 10.1. The number of likely N-dealkylation sites (tertiary alicyclic amines) is 1. The molecule has 116 valence electrons. The molecule has 1 atom stereocenters. The second-order valence-electron chi connectivity index (χ2n) is 5.48. The maximum atomic E-state index is 11.9. The molecule has 5 nitrogen and oxygen atoms in total. The van der Waals surface area contributed by atoms with Crippen molar-refractivity contribution in [3.8, 4) is 5.75 Å². The van der Waals surface area contributed by atoms with Gasteiger partial charge in [-0.25, -0.2) is 0 Å². The zero-order valence-electron chi connectivity index (χ0n) is 12.8. The zero-order valence-corrected chi connectivity index (χ0v) is 12.8. The number of hydrogen-bond acceptors (Lipinski definition) is 4. The monoisotopic (exact) mass is 292 g/mol. The van der Waals surface area contributed by atoms with Gasteiger partial charge in [-0.1, -0.05) is 11.6 Å². The number of amides is 1. The van der Waals surface area contributed by atoms with E-state index < -0.39 is 6.10 Å². The molecule has 1 heterocycles. The van der Waals surface area contributed by atoms with Crippen LogP contribution in [-0.2, 0) is 4.79 Å². The van der Waals surface area contributed by atoms with Gasteiger partial charge in [0.05, 0.1) is 19.8 Å². The lowest BCUT2D eigenvalue weighted by atomic mass is 10.1. The summed E-state index contributed by atoms with van der Waals surface area (Å²) in [5.74, 6) is 0.775. The number of rotatable bonds is 6. The van der Waals surface area contributed by atoms with E-state index in [4.69, 9.17) is 4.74 Å². The maximum Gasteiger partial charge on any atom is 0.236 e. The fourth-order valence-electron chi connectivity index (χ4n) is 2.62. The van der Waals surface area contributed by atoms with Crippen LogP contribution in [0.1, 0.15) is 30.1 Å². The number of nitrogens with zero attached hydrogens (tertiary/aromatic N) is 1. The summed E-state index contributed by atoms with van der Waals surface area (Å²) in [6, 6.07) is 5.70. The van der Waals surface area contributed by atoms with Crippen LogP contribution in [0.4, 0.5) is 0 Å². The Morgan fingerprint density at radius 3 is 2.81 bits per heavy atom. The topological polar surface area (TPSA) is 61.8 Å². The predicted molar refractivity (Wildman–Crippen MR) is 81.4 cm³/mol. The molecule has 5 heteroatoms. The molecule has 0 spiro atoms. The van der Waals surface area contributed by atoms with Gasteiger partial charge in [0.25, 0.3) is 0 Å². The van der Waals surface area contributed by atoms with Crippen LogP contribution < -0.4 is 10.1 Å². The van der Waals surface area contributed by atoms with E-state index in [0.29, 0.717) is 12.3 Å². The minimum atomic E-state index is -0.689. The third-order valence-corrected chi connectivity index (χ3v) is 3.82. The van der Waals surface area contributed by atoms with Gasteiger partial charge in [0, 0.05) is 25.2 Å². The summed E-state index contributed by atoms with van der Waals surface area (Å²) in [4.78, 5) is 13.8. The summed E-state index contributed by atoms with van der Waals surface area (Å²) in [5, 5.41) is 13.3. The van der Waals surface area contributed by atoms with E-state index >= 15 is 0 Å². The van der Waals surface area contributed by atoms with Crippen LogP contribution in [0.15, 0.2) is 18.2 Å². The molecule has 1 aliphatic rings. The number of carbonyl (C=O) groups is 1. The van der Waals surface area contributed by atoms with Gasteiger partial charge in [-0.15, -0.1) is 0 Å². The smallest absolute Gasteiger partial charge is 0.236 e. The Hall–Kier alpha value is -1.59. The lowest BCUT2D eigenvalue weighted by molar-refractivity contribution is -0.129. The first-order valence-corrected chi connectivity index (χ1v) is 7.43. The highest BCUT2D eigenvalue weighted by Crippen LogP contribution is 2.25. The highest BCUT2D eigenvalue weighted by molar-refractivity contribution is 5.78. The molecule has 1 aromatic rings. The second-order valence-corrected chi connectivity index (χ2v) is 5.48. The van der Waals surface area contributed by atoms with Gasteiger partial charge >= 0.3 is 0 Å². The van der Waals surface area contributed by atoms with Crippen molar-refractivity contribution in [3.63, 3.8) is 0 Å². The van der Waals surface area contributed by atoms with Crippen LogP contribution in [0.3, 0.4) is 0 Å². The number of methoxy groups -OCH3 is 1. The minimum Gasteiger partial charge on any atom is -0.496 e. The fourth-order valence-corrected chi connectivity index (χ4v) is 2.62. The van der Waals surface area contributed by atoms with Gasteiger partial charge in [-0.3, -0.25) is 4.79 Å². The van der Waals surface area contributed by atoms with Crippen LogP contribution in [0.2, 0.25) is 0 Å². The van der Waals surface area contributed by atoms with Crippen molar-refractivity contribution < 1.29 is 14.6 Å². The van der Waals surface area contributed by atoms with Crippen molar-refractivity contribution >= 4 is 5.91 Å². The third kappa shape index (κ3) is 4.19. The lowest BCUT2D eigenvalue weighted by Crippen LogP contribution is -2.37. The number of hydrogen-bond donors (Lipinski definition) is 2. The predicted octanol–water partition coefficient (Wildman–Crippen LogP) is 1.25. The van der Waals surface area contributed by atoms with E-state index in [-0.39, 0.29) is 12.5 Å². The SMILES string of the molecule is COc1ccc(C)cc1C(O)CNCC(=O)N1CCCC1. The fraction of sp³-hybridized carbons (Fsp3) is 0.562. The van der Waals surface area contributed by atoms with E-state index in [0.717, 1.165) is 37.1 Å². The Labute approximate surface area is 125 Å². The van der Waals surface area contributed by atoms with E-state index in [2.05, 4.69) is 5.32 Å². The molecule has 0 aromatic heterocycles. The third-order valence-electron chi connectivity index (χ3n) is 3.82. The minimum absolute atomic E-state index is 0.107. The van der Waals surface area contributed by atoms with E-state index in [9.17, 15) is 9.90 Å². The highest BCUT2D eigenvalue weighted by atomic mass is 16.5. The normalized spacial score (nSPS) is 16.0. The Morgan fingerprint density at radius 2 is 2.14 bits per heavy atom. The van der Waals surface area contributed by atoms with Crippen molar-refractivity contribution in [2.45, 2.75) is 25.9 Å². The first-order valence-electron chi connectivity index (χ1n) is 7.43. The van der Waals surface area contributed by atoms with Crippen molar-refractivity contribution in [3.05, 3.63) is 29.3 Å². The molecule has 0 saturated carbocycles. The Balaban J connectivity index is 1.85. The van der Waals surface area contributed by atoms with Crippen molar-refractivity contribution in [2.75, 3.05) is 33.3 Å². The lowest BCUT2D eigenvalue weighted by Gasteiger charge is -2.18. The van der Waals surface area contributed by atoms with Gasteiger partial charge in [0.1, 0.15) is 5.75 Å². The molecule has 1 unspecified atom stereocenters. The molecule has 0 aliphatic carbocycles. The number of aryl methyl sites for hydroxylation is 1. The number of benzene rings is 1. The molecule has 2 rings (SSSR count). The summed E-state index contributed by atoms with van der Waals surface area (Å²) >= 11 is 0. The summed E-state index contributed by atoms with van der Waals surface area (Å²) < 4.78 is 5.27. The second kappa shape index (κ2) is 7.43. The molecule has 2 N–H and O–H groups in total. The molecule has 1 aromatic carbocycles. The van der Waals surface area contributed by atoms with E-state index in [1.807, 2.05) is 30.0 Å². The molecular weight excluding hydrogens is 268 g/mol. The average molecular weight is 292 g/mol. The van der Waals surface area contributed by atoms with Gasteiger partial charge in [0.2, 0.25) is 5.91 Å². The molecule has 21 heavy (non-hydrogen) atoms. The summed E-state index contributed by atoms with van der Waals surface area (Å²) in [6.07, 6.45) is 1.50. The van der Waals surface area contributed by atoms with Gasteiger partial charge in [-0.05, 0) is 31.9 Å². The van der Waals surface area contributed by atoms with Crippen molar-refractivity contribution in [2.24, 2.45) is 0 Å². The molecule has 0 bridgehead atoms. The van der Waals surface area contributed by atoms with Crippen LogP contribution in [0.5, 0.6) is 5.75 Å². The Morgan fingerprint density at radius 1 is 1.43 bits per heavy atom. The molecule has 0 radical (unpaired) electrons. The standard InChI is InChI=1S/C16H24N2O3/c1-12-5-6-15(21-2)13(9-12)14(19)10-17-11-16(20)18-7-3-4-8-18/h5-6,9,14,17,19H,3-4,7-8,10-11H2,1-2H3. The van der Waals surface area contributed by atoms with Crippen LogP contribution in [0.25, 0.3) is 0 Å². The number of aliphatic hydroxyl groups is 1. The molecule has 1 amide bonds. The van der Waals surface area contributed by atoms with E-state index in [1.54, 1.807) is 7.11 Å². The van der Waals surface area contributed by atoms with Gasteiger partial charge < -0.3 is 20.1 Å². The highest BCUT2D eigenvalue weighted by Gasteiger charge is 2.18. The zero-order chi connectivity index (χ0) is 15.2. The van der Waals surface area contributed by atoms with Crippen LogP contribution in [0, 0.1) is 6.92 Å². The number of aliphatic hydroxyl groups excluding tert-OH is 1. The van der Waals surface area contributed by atoms with Gasteiger partial charge in [0.15, 0.2) is 0 Å². The molecule has 1 saturated heterocycles. The molecule has 1 fully saturated rings. The maximum absolute atomic E-state index is 11.9. The van der Waals surface area contributed by atoms with Crippen molar-refractivity contribution in [1.29, 1.82) is 0 Å². The van der Waals surface area contributed by atoms with Crippen LogP contribution >= 0.6 is 0 Å². The van der Waals surface area contributed by atoms with E-state index in [1.165, 1.54) is 0 Å². The quantitative estimate of drug-likeness (QED) is 0.828. The Kier molecular flexibility index (Phi) is 5.59. The summed E-state index contributed by atoms with van der Waals surface area (Å²) in [7, 11) is 1.59. The Bertz CT molecular complexity index is 484. The molecule has 1 aliphatic heterocycles. The summed E-state index contributed by atoms with van der Waals surface area (Å²) in [6.45, 7) is 4.29. The average Bonchev–Trinajstić information content (AvgIpc) is 3.01. The first kappa shape index (κ1) is 15.8. The number of nitrogens with one attached hydrogen (secondary N) is 1. The largest absolute Gasteiger partial charge is 0.496 e.